The maximum absolute atomic E-state index is 13.6. The second kappa shape index (κ2) is 6.19. The normalized spacial score (nSPS) is 22.7. The van der Waals surface area contributed by atoms with E-state index in [4.69, 9.17) is 9.84 Å². The topological polar surface area (TPSA) is 70.0 Å². The number of aliphatic hydroxyl groups excluding tert-OH is 2. The van der Waals surface area contributed by atoms with Crippen molar-refractivity contribution < 1.29 is 24.1 Å². The highest BCUT2D eigenvalue weighted by Crippen LogP contribution is 2.26. The predicted octanol–water partition coefficient (Wildman–Crippen LogP) is 0.650. The molecule has 1 aromatic rings. The van der Waals surface area contributed by atoms with Gasteiger partial charge in [-0.3, -0.25) is 4.79 Å². The van der Waals surface area contributed by atoms with Gasteiger partial charge in [-0.2, -0.15) is 0 Å². The van der Waals surface area contributed by atoms with Crippen LogP contribution < -0.4 is 4.74 Å². The number of ether oxygens (including phenoxy) is 1. The van der Waals surface area contributed by atoms with Gasteiger partial charge >= 0.3 is 0 Å². The first kappa shape index (κ1) is 14.7. The maximum atomic E-state index is 13.6. The van der Waals surface area contributed by atoms with Crippen LogP contribution in [0.5, 0.6) is 5.75 Å². The number of benzene rings is 1. The Morgan fingerprint density at radius 3 is 2.90 bits per heavy atom. The largest absolute Gasteiger partial charge is 0.493 e. The third-order valence-electron chi connectivity index (χ3n) is 3.64. The fraction of sp³-hybridized carbons (Fsp3) is 0.500. The number of amides is 1. The Hall–Kier alpha value is -1.66. The second-order valence-electron chi connectivity index (χ2n) is 4.87. The molecule has 1 fully saturated rings. The number of aliphatic hydroxyl groups is 2. The van der Waals surface area contributed by atoms with Gasteiger partial charge in [0.25, 0.3) is 5.91 Å². The number of methoxy groups -OCH3 is 1. The number of halogens is 1. The first-order chi connectivity index (χ1) is 9.58. The number of hydrogen-bond donors (Lipinski definition) is 2. The summed E-state index contributed by atoms with van der Waals surface area (Å²) in [6.07, 6.45) is -0.252. The molecular weight excluding hydrogens is 265 g/mol. The molecule has 0 aromatic heterocycles. The second-order valence-corrected chi connectivity index (χ2v) is 4.87. The van der Waals surface area contributed by atoms with Crippen LogP contribution in [-0.2, 0) is 0 Å². The minimum absolute atomic E-state index is 0.0868. The average molecular weight is 283 g/mol. The van der Waals surface area contributed by atoms with Crippen LogP contribution in [0.25, 0.3) is 0 Å². The van der Waals surface area contributed by atoms with Gasteiger partial charge in [-0.15, -0.1) is 0 Å². The number of likely N-dealkylation sites (tertiary alicyclic amines) is 1. The summed E-state index contributed by atoms with van der Waals surface area (Å²) in [5.74, 6) is -1.27. The van der Waals surface area contributed by atoms with E-state index < -0.39 is 11.9 Å². The molecule has 0 radical (unpaired) electrons. The van der Waals surface area contributed by atoms with Gasteiger partial charge in [-0.1, -0.05) is 6.07 Å². The third kappa shape index (κ3) is 2.76. The molecule has 2 atom stereocenters. The minimum atomic E-state index is -0.766. The zero-order valence-electron chi connectivity index (χ0n) is 11.3. The quantitative estimate of drug-likeness (QED) is 0.854. The van der Waals surface area contributed by atoms with E-state index in [9.17, 15) is 14.3 Å². The summed E-state index contributed by atoms with van der Waals surface area (Å²) < 4.78 is 18.5. The van der Waals surface area contributed by atoms with Gasteiger partial charge in [0.15, 0.2) is 11.6 Å². The highest BCUT2D eigenvalue weighted by molar-refractivity contribution is 5.97. The van der Waals surface area contributed by atoms with E-state index in [-0.39, 0.29) is 36.3 Å². The van der Waals surface area contributed by atoms with Crippen molar-refractivity contribution in [3.63, 3.8) is 0 Å². The lowest BCUT2D eigenvalue weighted by Gasteiger charge is -2.35. The summed E-state index contributed by atoms with van der Waals surface area (Å²) in [6, 6.07) is 4.17. The summed E-state index contributed by atoms with van der Waals surface area (Å²) in [4.78, 5) is 13.8. The van der Waals surface area contributed by atoms with Crippen molar-refractivity contribution in [2.75, 3.05) is 26.8 Å². The average Bonchev–Trinajstić information content (AvgIpc) is 2.46. The summed E-state index contributed by atoms with van der Waals surface area (Å²) in [5, 5.41) is 18.9. The fourth-order valence-electron chi connectivity index (χ4n) is 2.43. The molecule has 2 N–H and O–H groups in total. The molecule has 1 aromatic carbocycles. The summed E-state index contributed by atoms with van der Waals surface area (Å²) in [5.41, 5.74) is 0.141. The number of para-hydroxylation sites is 1. The van der Waals surface area contributed by atoms with E-state index in [1.54, 1.807) is 0 Å². The van der Waals surface area contributed by atoms with Crippen LogP contribution in [0.3, 0.4) is 0 Å². The summed E-state index contributed by atoms with van der Waals surface area (Å²) in [7, 11) is 1.31. The van der Waals surface area contributed by atoms with E-state index in [1.165, 1.54) is 30.2 Å². The number of carbonyl (C=O) groups is 1. The number of piperidine rings is 1. The van der Waals surface area contributed by atoms with E-state index in [0.717, 1.165) is 0 Å². The Morgan fingerprint density at radius 2 is 2.30 bits per heavy atom. The van der Waals surface area contributed by atoms with E-state index in [2.05, 4.69) is 0 Å². The molecule has 20 heavy (non-hydrogen) atoms. The Morgan fingerprint density at radius 1 is 1.55 bits per heavy atom. The van der Waals surface area contributed by atoms with Gasteiger partial charge in [0.2, 0.25) is 0 Å². The Bertz CT molecular complexity index is 494. The molecule has 0 unspecified atom stereocenters. The summed E-state index contributed by atoms with van der Waals surface area (Å²) >= 11 is 0. The van der Waals surface area contributed by atoms with Crippen molar-refractivity contribution in [2.24, 2.45) is 5.92 Å². The Kier molecular flexibility index (Phi) is 4.57. The molecule has 1 heterocycles. The molecule has 5 nitrogen and oxygen atoms in total. The lowest BCUT2D eigenvalue weighted by atomic mass is 9.94. The zero-order valence-corrected chi connectivity index (χ0v) is 11.3. The molecule has 6 heteroatoms. The van der Waals surface area contributed by atoms with Crippen LogP contribution in [0.4, 0.5) is 4.39 Å². The lowest BCUT2D eigenvalue weighted by Crippen LogP contribution is -2.47. The smallest absolute Gasteiger partial charge is 0.257 e. The standard InChI is InChI=1S/C14H18FNO4/c1-20-13-10(3-2-4-11(13)15)14(19)16-6-5-9(8-17)12(18)7-16/h2-4,9,12,17-18H,5-8H2,1H3/t9-,12+/m1/s1. The number of hydrogen-bond acceptors (Lipinski definition) is 4. The number of β-amino-alcohol motifs (C(OH)–C–C–N with tert-alkyl or cyclic N) is 1. The van der Waals surface area contributed by atoms with Crippen molar-refractivity contribution in [1.82, 2.24) is 4.90 Å². The van der Waals surface area contributed by atoms with Crippen molar-refractivity contribution >= 4 is 5.91 Å². The minimum Gasteiger partial charge on any atom is -0.493 e. The molecule has 1 aliphatic rings. The van der Waals surface area contributed by atoms with Crippen LogP contribution >= 0.6 is 0 Å². The Balaban J connectivity index is 2.18. The first-order valence-corrected chi connectivity index (χ1v) is 6.49. The SMILES string of the molecule is COc1c(F)cccc1C(=O)N1CC[C@H](CO)[C@@H](O)C1. The van der Waals surface area contributed by atoms with Crippen LogP contribution in [0, 0.1) is 11.7 Å². The first-order valence-electron chi connectivity index (χ1n) is 6.49. The van der Waals surface area contributed by atoms with Gasteiger partial charge in [0, 0.05) is 25.6 Å². The predicted molar refractivity (Wildman–Crippen MR) is 70.1 cm³/mol. The zero-order chi connectivity index (χ0) is 14.7. The highest BCUT2D eigenvalue weighted by Gasteiger charge is 2.31. The number of rotatable bonds is 3. The number of nitrogens with zero attached hydrogens (tertiary/aromatic N) is 1. The van der Waals surface area contributed by atoms with E-state index >= 15 is 0 Å². The fourth-order valence-corrected chi connectivity index (χ4v) is 2.43. The monoisotopic (exact) mass is 283 g/mol. The van der Waals surface area contributed by atoms with Crippen LogP contribution in [0.2, 0.25) is 0 Å². The molecule has 0 saturated carbocycles. The van der Waals surface area contributed by atoms with Crippen molar-refractivity contribution in [1.29, 1.82) is 0 Å². The van der Waals surface area contributed by atoms with Crippen molar-refractivity contribution in [3.8, 4) is 5.75 Å². The van der Waals surface area contributed by atoms with Gasteiger partial charge < -0.3 is 19.8 Å². The molecule has 1 amide bonds. The molecule has 110 valence electrons. The van der Waals surface area contributed by atoms with E-state index in [1.807, 2.05) is 0 Å². The van der Waals surface area contributed by atoms with Crippen LogP contribution in [0.1, 0.15) is 16.8 Å². The van der Waals surface area contributed by atoms with Crippen molar-refractivity contribution in [3.05, 3.63) is 29.6 Å². The highest BCUT2D eigenvalue weighted by atomic mass is 19.1. The van der Waals surface area contributed by atoms with Gasteiger partial charge in [-0.25, -0.2) is 4.39 Å². The molecule has 0 bridgehead atoms. The molecule has 1 aliphatic heterocycles. The molecule has 0 spiro atoms. The maximum Gasteiger partial charge on any atom is 0.257 e. The molecule has 2 rings (SSSR count). The number of carbonyl (C=O) groups excluding carboxylic acids is 1. The Labute approximate surface area is 116 Å². The molecular formula is C14H18FNO4. The van der Waals surface area contributed by atoms with Gasteiger partial charge in [-0.05, 0) is 18.6 Å². The van der Waals surface area contributed by atoms with Crippen molar-refractivity contribution in [2.45, 2.75) is 12.5 Å². The molecule has 0 aliphatic carbocycles. The van der Waals surface area contributed by atoms with Crippen LogP contribution in [0.15, 0.2) is 18.2 Å². The molecule has 1 saturated heterocycles. The van der Waals surface area contributed by atoms with Gasteiger partial charge in [0.1, 0.15) is 0 Å². The lowest BCUT2D eigenvalue weighted by molar-refractivity contribution is 0.000744. The van der Waals surface area contributed by atoms with E-state index in [0.29, 0.717) is 13.0 Å². The third-order valence-corrected chi connectivity index (χ3v) is 3.64. The summed E-state index contributed by atoms with van der Waals surface area (Å²) in [6.45, 7) is 0.441. The van der Waals surface area contributed by atoms with Crippen LogP contribution in [-0.4, -0.2) is 53.9 Å². The van der Waals surface area contributed by atoms with Gasteiger partial charge in [0.05, 0.1) is 18.8 Å².